The summed E-state index contributed by atoms with van der Waals surface area (Å²) in [6, 6.07) is 13.2. The molecule has 0 heterocycles. The van der Waals surface area contributed by atoms with Crippen molar-refractivity contribution in [2.45, 2.75) is 18.9 Å². The third-order valence-electron chi connectivity index (χ3n) is 3.79. The highest BCUT2D eigenvalue weighted by molar-refractivity contribution is 6.30. The van der Waals surface area contributed by atoms with Gasteiger partial charge in [0.2, 0.25) is 5.91 Å². The van der Waals surface area contributed by atoms with Crippen LogP contribution in [0, 0.1) is 5.82 Å². The molecular weight excluding hydrogens is 317 g/mol. The van der Waals surface area contributed by atoms with E-state index < -0.39 is 5.60 Å². The van der Waals surface area contributed by atoms with E-state index >= 15 is 0 Å². The van der Waals surface area contributed by atoms with Crippen molar-refractivity contribution in [3.63, 3.8) is 0 Å². The summed E-state index contributed by atoms with van der Waals surface area (Å²) in [5.74, 6) is -0.469. The Morgan fingerprint density at radius 3 is 2.57 bits per heavy atom. The van der Waals surface area contributed by atoms with Gasteiger partial charge in [-0.05, 0) is 42.3 Å². The first-order valence-corrected chi connectivity index (χ1v) is 7.63. The van der Waals surface area contributed by atoms with Crippen LogP contribution in [0.5, 0.6) is 0 Å². The Hall–Kier alpha value is -1.91. The van der Waals surface area contributed by atoms with Gasteiger partial charge >= 0.3 is 0 Å². The lowest BCUT2D eigenvalue weighted by molar-refractivity contribution is -0.122. The normalized spacial score (nSPS) is 13.4. The summed E-state index contributed by atoms with van der Waals surface area (Å²) in [6.45, 7) is 2.20. The quantitative estimate of drug-likeness (QED) is 0.874. The molecule has 0 bridgehead atoms. The van der Waals surface area contributed by atoms with Crippen molar-refractivity contribution in [1.29, 1.82) is 0 Å². The molecule has 0 radical (unpaired) electrons. The van der Waals surface area contributed by atoms with Crippen LogP contribution in [0.2, 0.25) is 5.02 Å². The van der Waals surface area contributed by atoms with Crippen LogP contribution in [0.15, 0.2) is 48.5 Å². The summed E-state index contributed by atoms with van der Waals surface area (Å²) in [5.41, 5.74) is 0.962. The lowest BCUT2D eigenvalue weighted by Crippen LogP contribution is -2.40. The second-order valence-corrected chi connectivity index (χ2v) is 5.96. The Morgan fingerprint density at radius 2 is 1.96 bits per heavy atom. The van der Waals surface area contributed by atoms with Crippen LogP contribution in [0.3, 0.4) is 0 Å². The van der Waals surface area contributed by atoms with Gasteiger partial charge in [0.15, 0.2) is 0 Å². The predicted molar refractivity (Wildman–Crippen MR) is 88.9 cm³/mol. The fraction of sp³-hybridized carbons (Fsp3) is 0.278. The molecular formula is C18H19ClFNO2. The minimum atomic E-state index is -0.677. The number of carbonyl (C=O) groups excluding carboxylic acids is 1. The van der Waals surface area contributed by atoms with Crippen LogP contribution in [-0.2, 0) is 21.6 Å². The Morgan fingerprint density at radius 1 is 1.26 bits per heavy atom. The Labute approximate surface area is 140 Å². The summed E-state index contributed by atoms with van der Waals surface area (Å²) < 4.78 is 18.4. The first kappa shape index (κ1) is 17.4. The highest BCUT2D eigenvalue weighted by atomic mass is 35.5. The fourth-order valence-corrected chi connectivity index (χ4v) is 2.42. The molecule has 0 spiro atoms. The van der Waals surface area contributed by atoms with Crippen molar-refractivity contribution in [1.82, 2.24) is 5.32 Å². The van der Waals surface area contributed by atoms with E-state index in [0.717, 1.165) is 11.1 Å². The molecule has 3 nitrogen and oxygen atoms in total. The predicted octanol–water partition coefficient (Wildman–Crippen LogP) is 3.70. The van der Waals surface area contributed by atoms with E-state index in [4.69, 9.17) is 16.3 Å². The maximum atomic E-state index is 12.9. The van der Waals surface area contributed by atoms with Crippen LogP contribution in [0.25, 0.3) is 0 Å². The van der Waals surface area contributed by atoms with E-state index in [9.17, 15) is 9.18 Å². The lowest BCUT2D eigenvalue weighted by atomic mass is 9.95. The molecule has 1 unspecified atom stereocenters. The molecule has 2 rings (SSSR count). The summed E-state index contributed by atoms with van der Waals surface area (Å²) in [6.07, 6.45) is 0.190. The number of ether oxygens (including phenoxy) is 1. The number of halogens is 2. The van der Waals surface area contributed by atoms with E-state index in [2.05, 4.69) is 5.32 Å². The van der Waals surface area contributed by atoms with E-state index in [1.54, 1.807) is 25.3 Å². The molecule has 2 aromatic rings. The van der Waals surface area contributed by atoms with Crippen LogP contribution < -0.4 is 5.32 Å². The van der Waals surface area contributed by atoms with Gasteiger partial charge in [0.25, 0.3) is 0 Å². The summed E-state index contributed by atoms with van der Waals surface area (Å²) in [5, 5.41) is 3.47. The Kier molecular flexibility index (Phi) is 5.74. The number of nitrogens with one attached hydrogen (secondary N) is 1. The second-order valence-electron chi connectivity index (χ2n) is 5.53. The van der Waals surface area contributed by atoms with Gasteiger partial charge in [0.1, 0.15) is 11.4 Å². The summed E-state index contributed by atoms with van der Waals surface area (Å²) in [4.78, 5) is 12.1. The summed E-state index contributed by atoms with van der Waals surface area (Å²) >= 11 is 6.02. The van der Waals surface area contributed by atoms with Crippen LogP contribution in [-0.4, -0.2) is 19.6 Å². The van der Waals surface area contributed by atoms with Crippen molar-refractivity contribution >= 4 is 17.5 Å². The molecule has 2 aromatic carbocycles. The number of hydrogen-bond donors (Lipinski definition) is 1. The first-order chi connectivity index (χ1) is 10.9. The maximum absolute atomic E-state index is 12.9. The first-order valence-electron chi connectivity index (χ1n) is 7.25. The van der Waals surface area contributed by atoms with Crippen molar-refractivity contribution in [2.75, 3.05) is 13.7 Å². The minimum absolute atomic E-state index is 0.151. The molecule has 0 aromatic heterocycles. The maximum Gasteiger partial charge on any atom is 0.224 e. The van der Waals surface area contributed by atoms with Gasteiger partial charge in [-0.15, -0.1) is 0 Å². The van der Waals surface area contributed by atoms with Gasteiger partial charge in [0, 0.05) is 12.1 Å². The van der Waals surface area contributed by atoms with Gasteiger partial charge in [-0.25, -0.2) is 4.39 Å². The fourth-order valence-electron chi connectivity index (χ4n) is 2.23. The SMILES string of the molecule is COC(C)(CNC(=O)Cc1ccc(F)cc1)c1cccc(Cl)c1. The van der Waals surface area contributed by atoms with Crippen LogP contribution >= 0.6 is 11.6 Å². The largest absolute Gasteiger partial charge is 0.372 e. The topological polar surface area (TPSA) is 38.3 Å². The third-order valence-corrected chi connectivity index (χ3v) is 4.02. The Balaban J connectivity index is 1.99. The number of amides is 1. The van der Waals surface area contributed by atoms with E-state index in [1.807, 2.05) is 25.1 Å². The molecule has 1 atom stereocenters. The van der Waals surface area contributed by atoms with E-state index in [-0.39, 0.29) is 18.1 Å². The van der Waals surface area contributed by atoms with Gasteiger partial charge < -0.3 is 10.1 Å². The second kappa shape index (κ2) is 7.57. The van der Waals surface area contributed by atoms with Crippen molar-refractivity contribution in [3.8, 4) is 0 Å². The lowest BCUT2D eigenvalue weighted by Gasteiger charge is -2.29. The van der Waals surface area contributed by atoms with Crippen LogP contribution in [0.1, 0.15) is 18.1 Å². The smallest absolute Gasteiger partial charge is 0.224 e. The molecule has 0 aliphatic rings. The standard InChI is InChI=1S/C18H19ClFNO2/c1-18(23-2,14-4-3-5-15(19)11-14)12-21-17(22)10-13-6-8-16(20)9-7-13/h3-9,11H,10,12H2,1-2H3,(H,21,22). The third kappa shape index (κ3) is 4.78. The number of benzene rings is 2. The van der Waals surface area contributed by atoms with Gasteiger partial charge in [-0.1, -0.05) is 35.9 Å². The van der Waals surface area contributed by atoms with Crippen molar-refractivity contribution < 1.29 is 13.9 Å². The summed E-state index contributed by atoms with van der Waals surface area (Å²) in [7, 11) is 1.59. The highest BCUT2D eigenvalue weighted by Gasteiger charge is 2.27. The average molecular weight is 336 g/mol. The number of rotatable bonds is 6. The zero-order valence-electron chi connectivity index (χ0n) is 13.1. The van der Waals surface area contributed by atoms with E-state index in [1.165, 1.54) is 12.1 Å². The molecule has 0 saturated heterocycles. The average Bonchev–Trinajstić information content (AvgIpc) is 2.55. The molecule has 1 amide bonds. The molecule has 0 aliphatic heterocycles. The molecule has 0 saturated carbocycles. The number of methoxy groups -OCH3 is 1. The zero-order valence-corrected chi connectivity index (χ0v) is 13.9. The monoisotopic (exact) mass is 335 g/mol. The Bertz CT molecular complexity index is 675. The van der Waals surface area contributed by atoms with Gasteiger partial charge in [-0.2, -0.15) is 0 Å². The molecule has 0 aliphatic carbocycles. The molecule has 23 heavy (non-hydrogen) atoms. The van der Waals surface area contributed by atoms with Crippen molar-refractivity contribution in [2.24, 2.45) is 0 Å². The highest BCUT2D eigenvalue weighted by Crippen LogP contribution is 2.26. The molecule has 1 N–H and O–H groups in total. The van der Waals surface area contributed by atoms with Crippen LogP contribution in [0.4, 0.5) is 4.39 Å². The minimum Gasteiger partial charge on any atom is -0.372 e. The molecule has 122 valence electrons. The molecule has 5 heteroatoms. The zero-order chi connectivity index (χ0) is 16.9. The number of hydrogen-bond acceptors (Lipinski definition) is 2. The van der Waals surface area contributed by atoms with Gasteiger partial charge in [-0.3, -0.25) is 4.79 Å². The van der Waals surface area contributed by atoms with Gasteiger partial charge in [0.05, 0.1) is 13.0 Å². The van der Waals surface area contributed by atoms with E-state index in [0.29, 0.717) is 11.6 Å². The van der Waals surface area contributed by atoms with Crippen molar-refractivity contribution in [3.05, 3.63) is 70.5 Å². The molecule has 0 fully saturated rings. The number of carbonyl (C=O) groups is 1.